The van der Waals surface area contributed by atoms with Crippen molar-refractivity contribution in [2.24, 2.45) is 0 Å². The molecule has 0 radical (unpaired) electrons. The average Bonchev–Trinajstić information content (AvgIpc) is 2.89. The summed E-state index contributed by atoms with van der Waals surface area (Å²) in [6.45, 7) is 3.78. The van der Waals surface area contributed by atoms with Crippen LogP contribution in [0.3, 0.4) is 0 Å². The van der Waals surface area contributed by atoms with E-state index in [1.54, 1.807) is 12.5 Å². The Morgan fingerprint density at radius 2 is 2.56 bits per heavy atom. The fraction of sp³-hybridized carbons (Fsp3) is 0.667. The first-order valence-corrected chi connectivity index (χ1v) is 6.38. The Balaban J connectivity index is 1.54. The summed E-state index contributed by atoms with van der Waals surface area (Å²) in [7, 11) is 0. The van der Waals surface area contributed by atoms with Crippen LogP contribution >= 0.6 is 0 Å². The molecule has 0 unspecified atom stereocenters. The van der Waals surface area contributed by atoms with Crippen molar-refractivity contribution < 1.29 is 9.53 Å². The molecule has 100 valence electrons. The van der Waals surface area contributed by atoms with Gasteiger partial charge in [-0.15, -0.1) is 0 Å². The van der Waals surface area contributed by atoms with Crippen LogP contribution in [0.15, 0.2) is 18.7 Å². The van der Waals surface area contributed by atoms with E-state index in [1.807, 2.05) is 10.8 Å². The number of aryl methyl sites for hydroxylation is 1. The normalized spacial score (nSPS) is 19.7. The lowest BCUT2D eigenvalue weighted by molar-refractivity contribution is -0.122. The van der Waals surface area contributed by atoms with Crippen LogP contribution in [0.25, 0.3) is 0 Å². The van der Waals surface area contributed by atoms with Gasteiger partial charge in [0, 0.05) is 44.5 Å². The molecule has 1 aromatic heterocycles. The van der Waals surface area contributed by atoms with Gasteiger partial charge in [-0.25, -0.2) is 4.98 Å². The third-order valence-corrected chi connectivity index (χ3v) is 2.90. The lowest BCUT2D eigenvalue weighted by Gasteiger charge is -2.23. The van der Waals surface area contributed by atoms with Crippen molar-refractivity contribution in [1.82, 2.24) is 20.2 Å². The lowest BCUT2D eigenvalue weighted by Crippen LogP contribution is -2.44. The Morgan fingerprint density at radius 3 is 3.28 bits per heavy atom. The van der Waals surface area contributed by atoms with Gasteiger partial charge in [0.05, 0.1) is 19.5 Å². The van der Waals surface area contributed by atoms with E-state index in [-0.39, 0.29) is 11.9 Å². The van der Waals surface area contributed by atoms with E-state index in [0.717, 1.165) is 26.1 Å². The predicted octanol–water partition coefficient (Wildman–Crippen LogP) is -0.232. The van der Waals surface area contributed by atoms with Crippen LogP contribution in [0.4, 0.5) is 0 Å². The Morgan fingerprint density at radius 1 is 1.61 bits per heavy atom. The van der Waals surface area contributed by atoms with Gasteiger partial charge in [0.1, 0.15) is 0 Å². The number of aromatic nitrogens is 2. The summed E-state index contributed by atoms with van der Waals surface area (Å²) in [5.74, 6) is 0.0867. The van der Waals surface area contributed by atoms with Crippen molar-refractivity contribution in [1.29, 1.82) is 0 Å². The summed E-state index contributed by atoms with van der Waals surface area (Å²) in [4.78, 5) is 15.6. The largest absolute Gasteiger partial charge is 0.378 e. The number of rotatable bonds is 6. The zero-order valence-corrected chi connectivity index (χ0v) is 10.5. The smallest absolute Gasteiger partial charge is 0.221 e. The Bertz CT molecular complexity index is 347. The molecule has 1 aliphatic rings. The van der Waals surface area contributed by atoms with Gasteiger partial charge in [-0.1, -0.05) is 0 Å². The van der Waals surface area contributed by atoms with E-state index in [1.165, 1.54) is 0 Å². The van der Waals surface area contributed by atoms with E-state index in [9.17, 15) is 4.79 Å². The first-order valence-electron chi connectivity index (χ1n) is 6.38. The van der Waals surface area contributed by atoms with Gasteiger partial charge >= 0.3 is 0 Å². The number of carbonyl (C=O) groups is 1. The predicted molar refractivity (Wildman–Crippen MR) is 67.1 cm³/mol. The molecule has 1 saturated heterocycles. The lowest BCUT2D eigenvalue weighted by atomic mass is 10.2. The molecule has 18 heavy (non-hydrogen) atoms. The van der Waals surface area contributed by atoms with Gasteiger partial charge in [0.25, 0.3) is 0 Å². The number of morpholine rings is 1. The second-order valence-corrected chi connectivity index (χ2v) is 4.43. The zero-order valence-electron chi connectivity index (χ0n) is 10.5. The van der Waals surface area contributed by atoms with Crippen molar-refractivity contribution in [3.05, 3.63) is 18.7 Å². The van der Waals surface area contributed by atoms with Crippen molar-refractivity contribution >= 4 is 5.91 Å². The molecule has 0 spiro atoms. The molecule has 1 aromatic rings. The molecule has 1 aliphatic heterocycles. The van der Waals surface area contributed by atoms with Crippen LogP contribution < -0.4 is 10.6 Å². The maximum atomic E-state index is 11.6. The Labute approximate surface area is 107 Å². The number of hydrogen-bond donors (Lipinski definition) is 2. The van der Waals surface area contributed by atoms with Crippen molar-refractivity contribution in [2.45, 2.75) is 25.4 Å². The molecular weight excluding hydrogens is 232 g/mol. The number of nitrogens with one attached hydrogen (secondary N) is 2. The number of ether oxygens (including phenoxy) is 1. The first kappa shape index (κ1) is 13.0. The average molecular weight is 252 g/mol. The quantitative estimate of drug-likeness (QED) is 0.686. The van der Waals surface area contributed by atoms with E-state index < -0.39 is 0 Å². The van der Waals surface area contributed by atoms with Crippen LogP contribution in [0.1, 0.15) is 12.8 Å². The van der Waals surface area contributed by atoms with E-state index >= 15 is 0 Å². The molecule has 1 fully saturated rings. The topological polar surface area (TPSA) is 68.2 Å². The van der Waals surface area contributed by atoms with E-state index in [2.05, 4.69) is 15.6 Å². The number of amides is 1. The Hall–Kier alpha value is -1.40. The van der Waals surface area contributed by atoms with Crippen LogP contribution in [0.2, 0.25) is 0 Å². The molecule has 6 nitrogen and oxygen atoms in total. The maximum absolute atomic E-state index is 11.6. The summed E-state index contributed by atoms with van der Waals surface area (Å²) >= 11 is 0. The number of imidazole rings is 1. The third-order valence-electron chi connectivity index (χ3n) is 2.90. The fourth-order valence-corrected chi connectivity index (χ4v) is 1.96. The van der Waals surface area contributed by atoms with Crippen molar-refractivity contribution in [2.75, 3.05) is 26.3 Å². The highest BCUT2D eigenvalue weighted by atomic mass is 16.5. The summed E-state index contributed by atoms with van der Waals surface area (Å²) < 4.78 is 7.31. The third kappa shape index (κ3) is 4.46. The van der Waals surface area contributed by atoms with Gasteiger partial charge in [-0.3, -0.25) is 4.79 Å². The molecule has 1 atom stereocenters. The molecule has 0 saturated carbocycles. The minimum Gasteiger partial charge on any atom is -0.378 e. The standard InChI is InChI=1S/C12H20N4O2/c17-12(8-11-9-18-7-4-14-11)15-2-1-5-16-6-3-13-10-16/h3,6,10-11,14H,1-2,4-5,7-9H2,(H,15,17)/t11-/m1/s1. The number of hydrogen-bond acceptors (Lipinski definition) is 4. The molecule has 0 bridgehead atoms. The highest BCUT2D eigenvalue weighted by molar-refractivity contribution is 5.76. The summed E-state index contributed by atoms with van der Waals surface area (Å²) in [5, 5.41) is 6.19. The Kier molecular flexibility index (Phi) is 5.16. The minimum atomic E-state index is 0.0867. The SMILES string of the molecule is O=C(C[C@@H]1COCCN1)NCCCn1ccnc1. The number of carbonyl (C=O) groups excluding carboxylic acids is 1. The molecule has 6 heteroatoms. The van der Waals surface area contributed by atoms with Gasteiger partial charge < -0.3 is 19.9 Å². The van der Waals surface area contributed by atoms with E-state index in [4.69, 9.17) is 4.74 Å². The molecule has 2 N–H and O–H groups in total. The monoisotopic (exact) mass is 252 g/mol. The summed E-state index contributed by atoms with van der Waals surface area (Å²) in [6, 6.07) is 0.160. The second-order valence-electron chi connectivity index (χ2n) is 4.43. The van der Waals surface area contributed by atoms with E-state index in [0.29, 0.717) is 19.6 Å². The summed E-state index contributed by atoms with van der Waals surface area (Å²) in [6.07, 6.45) is 6.87. The maximum Gasteiger partial charge on any atom is 0.221 e. The fourth-order valence-electron chi connectivity index (χ4n) is 1.96. The number of nitrogens with zero attached hydrogens (tertiary/aromatic N) is 2. The first-order chi connectivity index (χ1) is 8.84. The van der Waals surface area contributed by atoms with Gasteiger partial charge in [0.15, 0.2) is 0 Å². The van der Waals surface area contributed by atoms with Gasteiger partial charge in [-0.2, -0.15) is 0 Å². The molecule has 2 heterocycles. The molecule has 2 rings (SSSR count). The van der Waals surface area contributed by atoms with Crippen LogP contribution in [-0.2, 0) is 16.1 Å². The van der Waals surface area contributed by atoms with Crippen LogP contribution in [0, 0.1) is 0 Å². The van der Waals surface area contributed by atoms with Gasteiger partial charge in [0.2, 0.25) is 5.91 Å². The zero-order chi connectivity index (χ0) is 12.6. The van der Waals surface area contributed by atoms with Crippen LogP contribution in [-0.4, -0.2) is 47.8 Å². The molecular formula is C12H20N4O2. The minimum absolute atomic E-state index is 0.0867. The van der Waals surface area contributed by atoms with Crippen molar-refractivity contribution in [3.63, 3.8) is 0 Å². The van der Waals surface area contributed by atoms with Gasteiger partial charge in [-0.05, 0) is 6.42 Å². The highest BCUT2D eigenvalue weighted by Gasteiger charge is 2.16. The molecule has 0 aromatic carbocycles. The molecule has 0 aliphatic carbocycles. The molecule has 1 amide bonds. The van der Waals surface area contributed by atoms with Crippen LogP contribution in [0.5, 0.6) is 0 Å². The highest BCUT2D eigenvalue weighted by Crippen LogP contribution is 1.98. The summed E-state index contributed by atoms with van der Waals surface area (Å²) in [5.41, 5.74) is 0. The van der Waals surface area contributed by atoms with Crippen molar-refractivity contribution in [3.8, 4) is 0 Å². The second kappa shape index (κ2) is 7.13.